The molecule has 1 atom stereocenters. The van der Waals surface area contributed by atoms with Crippen molar-refractivity contribution in [3.8, 4) is 0 Å². The van der Waals surface area contributed by atoms with Crippen LogP contribution in [0.2, 0.25) is 0 Å². The number of rotatable bonds is 4. The minimum Gasteiger partial charge on any atom is -0.381 e. The fraction of sp³-hybridized carbons (Fsp3) is 0.615. The number of pyridine rings is 1. The summed E-state index contributed by atoms with van der Waals surface area (Å²) >= 11 is 0. The maximum absolute atomic E-state index is 12.9. The lowest BCUT2D eigenvalue weighted by Gasteiger charge is -2.29. The van der Waals surface area contributed by atoms with Gasteiger partial charge < -0.3 is 10.2 Å². The molecule has 94 valence electrons. The van der Waals surface area contributed by atoms with E-state index in [4.69, 9.17) is 0 Å². The van der Waals surface area contributed by atoms with Crippen LogP contribution in [0.1, 0.15) is 26.2 Å². The SMILES string of the molecule is CC(CN1CCCCC1)Nc1ccnc(F)c1. The zero-order chi connectivity index (χ0) is 12.1. The summed E-state index contributed by atoms with van der Waals surface area (Å²) in [5.41, 5.74) is 0.807. The van der Waals surface area contributed by atoms with Crippen LogP contribution >= 0.6 is 0 Å². The van der Waals surface area contributed by atoms with E-state index in [0.717, 1.165) is 12.2 Å². The van der Waals surface area contributed by atoms with Gasteiger partial charge in [-0.2, -0.15) is 4.39 Å². The molecule has 1 aromatic heterocycles. The van der Waals surface area contributed by atoms with Gasteiger partial charge >= 0.3 is 0 Å². The molecule has 1 fully saturated rings. The summed E-state index contributed by atoms with van der Waals surface area (Å²) in [5.74, 6) is -0.430. The van der Waals surface area contributed by atoms with E-state index in [9.17, 15) is 4.39 Å². The predicted molar refractivity (Wildman–Crippen MR) is 67.6 cm³/mol. The highest BCUT2D eigenvalue weighted by Crippen LogP contribution is 2.12. The van der Waals surface area contributed by atoms with Crippen molar-refractivity contribution in [2.75, 3.05) is 25.0 Å². The van der Waals surface area contributed by atoms with Gasteiger partial charge in [-0.25, -0.2) is 4.98 Å². The van der Waals surface area contributed by atoms with Crippen LogP contribution in [0.3, 0.4) is 0 Å². The average Bonchev–Trinajstić information content (AvgIpc) is 2.30. The van der Waals surface area contributed by atoms with Crippen molar-refractivity contribution in [3.63, 3.8) is 0 Å². The normalized spacial score (nSPS) is 18.9. The number of halogens is 1. The van der Waals surface area contributed by atoms with E-state index in [-0.39, 0.29) is 0 Å². The fourth-order valence-corrected chi connectivity index (χ4v) is 2.35. The number of nitrogens with zero attached hydrogens (tertiary/aromatic N) is 2. The monoisotopic (exact) mass is 237 g/mol. The van der Waals surface area contributed by atoms with Crippen molar-refractivity contribution in [2.24, 2.45) is 0 Å². The molecule has 4 heteroatoms. The molecule has 0 radical (unpaired) electrons. The number of anilines is 1. The molecular weight excluding hydrogens is 217 g/mol. The second-order valence-corrected chi connectivity index (χ2v) is 4.77. The Bertz CT molecular complexity index is 350. The van der Waals surface area contributed by atoms with Crippen LogP contribution in [0.5, 0.6) is 0 Å². The lowest BCUT2D eigenvalue weighted by molar-refractivity contribution is 0.223. The third-order valence-corrected chi connectivity index (χ3v) is 3.12. The molecule has 1 aliphatic heterocycles. The molecule has 0 aromatic carbocycles. The highest BCUT2D eigenvalue weighted by molar-refractivity contribution is 5.42. The second-order valence-electron chi connectivity index (χ2n) is 4.77. The van der Waals surface area contributed by atoms with Gasteiger partial charge in [0, 0.05) is 30.5 Å². The molecule has 0 amide bonds. The number of aromatic nitrogens is 1. The molecule has 0 spiro atoms. The third-order valence-electron chi connectivity index (χ3n) is 3.12. The van der Waals surface area contributed by atoms with Crippen LogP contribution in [0.4, 0.5) is 10.1 Å². The molecule has 2 rings (SSSR count). The smallest absolute Gasteiger partial charge is 0.214 e. The van der Waals surface area contributed by atoms with Gasteiger partial charge in [-0.3, -0.25) is 0 Å². The van der Waals surface area contributed by atoms with Gasteiger partial charge in [0.15, 0.2) is 0 Å². The molecule has 3 nitrogen and oxygen atoms in total. The minimum atomic E-state index is -0.430. The molecule has 1 aliphatic rings. The van der Waals surface area contributed by atoms with E-state index in [2.05, 4.69) is 22.1 Å². The lowest BCUT2D eigenvalue weighted by atomic mass is 10.1. The number of likely N-dealkylation sites (tertiary alicyclic amines) is 1. The summed E-state index contributed by atoms with van der Waals surface area (Å²) in [6, 6.07) is 3.57. The van der Waals surface area contributed by atoms with Crippen LogP contribution < -0.4 is 5.32 Å². The largest absolute Gasteiger partial charge is 0.381 e. The Morgan fingerprint density at radius 3 is 2.88 bits per heavy atom. The highest BCUT2D eigenvalue weighted by Gasteiger charge is 2.13. The lowest BCUT2D eigenvalue weighted by Crippen LogP contribution is -2.38. The number of hydrogen-bond donors (Lipinski definition) is 1. The molecule has 0 saturated carbocycles. The molecular formula is C13H20FN3. The van der Waals surface area contributed by atoms with Gasteiger partial charge in [0.1, 0.15) is 0 Å². The van der Waals surface area contributed by atoms with Crippen molar-refractivity contribution in [2.45, 2.75) is 32.2 Å². The minimum absolute atomic E-state index is 0.329. The summed E-state index contributed by atoms with van der Waals surface area (Å²) in [5, 5.41) is 3.31. The van der Waals surface area contributed by atoms with Gasteiger partial charge in [-0.15, -0.1) is 0 Å². The highest BCUT2D eigenvalue weighted by atomic mass is 19.1. The summed E-state index contributed by atoms with van der Waals surface area (Å²) in [4.78, 5) is 6.02. The number of nitrogens with one attached hydrogen (secondary N) is 1. The topological polar surface area (TPSA) is 28.2 Å². The van der Waals surface area contributed by atoms with Gasteiger partial charge in [-0.1, -0.05) is 6.42 Å². The van der Waals surface area contributed by atoms with E-state index >= 15 is 0 Å². The van der Waals surface area contributed by atoms with Crippen molar-refractivity contribution < 1.29 is 4.39 Å². The molecule has 1 N–H and O–H groups in total. The van der Waals surface area contributed by atoms with E-state index in [1.165, 1.54) is 44.6 Å². The Morgan fingerprint density at radius 2 is 2.18 bits per heavy atom. The Labute approximate surface area is 102 Å². The van der Waals surface area contributed by atoms with E-state index in [1.807, 2.05) is 0 Å². The first-order valence-electron chi connectivity index (χ1n) is 6.34. The standard InChI is InChI=1S/C13H20FN3/c1-11(10-17-7-3-2-4-8-17)16-12-5-6-15-13(14)9-12/h5-6,9,11H,2-4,7-8,10H2,1H3,(H,15,16). The summed E-state index contributed by atoms with van der Waals surface area (Å²) in [6.45, 7) is 5.53. The number of hydrogen-bond acceptors (Lipinski definition) is 3. The quantitative estimate of drug-likeness (QED) is 0.816. The van der Waals surface area contributed by atoms with Gasteiger partial charge in [0.2, 0.25) is 5.95 Å². The van der Waals surface area contributed by atoms with Crippen molar-refractivity contribution in [1.29, 1.82) is 0 Å². The maximum atomic E-state index is 12.9. The molecule has 17 heavy (non-hydrogen) atoms. The van der Waals surface area contributed by atoms with Gasteiger partial charge in [0.25, 0.3) is 0 Å². The maximum Gasteiger partial charge on any atom is 0.214 e. The first kappa shape index (κ1) is 12.3. The molecule has 1 saturated heterocycles. The van der Waals surface area contributed by atoms with Crippen LogP contribution in [0.15, 0.2) is 18.3 Å². The van der Waals surface area contributed by atoms with Gasteiger partial charge in [-0.05, 0) is 38.9 Å². The van der Waals surface area contributed by atoms with Crippen LogP contribution in [0.25, 0.3) is 0 Å². The molecule has 1 aromatic rings. The van der Waals surface area contributed by atoms with Crippen LogP contribution in [0, 0.1) is 5.95 Å². The summed E-state index contributed by atoms with van der Waals surface area (Å²) in [6.07, 6.45) is 5.45. The Morgan fingerprint density at radius 1 is 1.41 bits per heavy atom. The zero-order valence-corrected chi connectivity index (χ0v) is 10.3. The Balaban J connectivity index is 1.82. The van der Waals surface area contributed by atoms with Crippen LogP contribution in [-0.2, 0) is 0 Å². The van der Waals surface area contributed by atoms with Crippen LogP contribution in [-0.4, -0.2) is 35.6 Å². The summed E-state index contributed by atoms with van der Waals surface area (Å²) < 4.78 is 12.9. The Hall–Kier alpha value is -1.16. The molecule has 2 heterocycles. The van der Waals surface area contributed by atoms with E-state index in [1.54, 1.807) is 6.07 Å². The van der Waals surface area contributed by atoms with Crippen molar-refractivity contribution in [3.05, 3.63) is 24.3 Å². The van der Waals surface area contributed by atoms with Gasteiger partial charge in [0.05, 0.1) is 0 Å². The van der Waals surface area contributed by atoms with E-state index < -0.39 is 5.95 Å². The van der Waals surface area contributed by atoms with Crippen molar-refractivity contribution in [1.82, 2.24) is 9.88 Å². The Kier molecular flexibility index (Phi) is 4.31. The predicted octanol–water partition coefficient (Wildman–Crippen LogP) is 2.51. The average molecular weight is 237 g/mol. The first-order chi connectivity index (χ1) is 8.24. The molecule has 1 unspecified atom stereocenters. The summed E-state index contributed by atoms with van der Waals surface area (Å²) in [7, 11) is 0. The molecule has 0 bridgehead atoms. The third kappa shape index (κ3) is 3.97. The zero-order valence-electron chi connectivity index (χ0n) is 10.3. The fourth-order valence-electron chi connectivity index (χ4n) is 2.35. The van der Waals surface area contributed by atoms with Crippen molar-refractivity contribution >= 4 is 5.69 Å². The van der Waals surface area contributed by atoms with E-state index in [0.29, 0.717) is 6.04 Å². The second kappa shape index (κ2) is 5.96. The molecule has 0 aliphatic carbocycles. The first-order valence-corrected chi connectivity index (χ1v) is 6.34. The number of piperidine rings is 1.